The molecule has 8 nitrogen and oxygen atoms in total. The Morgan fingerprint density at radius 1 is 1.07 bits per heavy atom. The molecule has 0 aliphatic carbocycles. The van der Waals surface area contributed by atoms with Gasteiger partial charge in [0, 0.05) is 22.0 Å². The third kappa shape index (κ3) is 5.27. The van der Waals surface area contributed by atoms with Crippen LogP contribution in [-0.2, 0) is 9.53 Å². The summed E-state index contributed by atoms with van der Waals surface area (Å²) < 4.78 is 4.88. The van der Waals surface area contributed by atoms with E-state index in [4.69, 9.17) is 4.74 Å². The van der Waals surface area contributed by atoms with Crippen molar-refractivity contribution in [2.24, 2.45) is 0 Å². The number of hydrogen-bond donors (Lipinski definition) is 0. The van der Waals surface area contributed by atoms with Crippen LogP contribution >= 0.6 is 11.8 Å². The molecule has 0 saturated carbocycles. The van der Waals surface area contributed by atoms with Crippen molar-refractivity contribution in [3.8, 4) is 0 Å². The van der Waals surface area contributed by atoms with Crippen LogP contribution in [0, 0.1) is 27.2 Å². The van der Waals surface area contributed by atoms with Gasteiger partial charge in [0.1, 0.15) is 5.25 Å². The molecular weight excluding hydrogens is 372 g/mol. The molecule has 0 saturated heterocycles. The second-order valence-corrected chi connectivity index (χ2v) is 6.90. The summed E-state index contributed by atoms with van der Waals surface area (Å²) in [6.45, 7) is 3.51. The average Bonchev–Trinajstić information content (AvgIpc) is 2.63. The van der Waals surface area contributed by atoms with Gasteiger partial charge in [0.2, 0.25) is 0 Å². The number of nitrogens with zero attached hydrogens (tertiary/aromatic N) is 2. The van der Waals surface area contributed by atoms with Gasteiger partial charge in [-0.3, -0.25) is 20.2 Å². The van der Waals surface area contributed by atoms with Crippen molar-refractivity contribution in [1.29, 1.82) is 0 Å². The predicted molar refractivity (Wildman–Crippen MR) is 100 cm³/mol. The van der Waals surface area contributed by atoms with E-state index in [0.717, 1.165) is 22.2 Å². The number of esters is 1. The third-order valence-corrected chi connectivity index (χ3v) is 5.09. The van der Waals surface area contributed by atoms with Gasteiger partial charge in [-0.15, -0.1) is 11.8 Å². The molecule has 0 fully saturated rings. The van der Waals surface area contributed by atoms with Crippen LogP contribution in [0.5, 0.6) is 0 Å². The lowest BCUT2D eigenvalue weighted by molar-refractivity contribution is -0.510. The topological polar surface area (TPSA) is 113 Å². The summed E-state index contributed by atoms with van der Waals surface area (Å²) in [6.07, 6.45) is 0. The van der Waals surface area contributed by atoms with Crippen LogP contribution in [0.3, 0.4) is 0 Å². The van der Waals surface area contributed by atoms with E-state index in [-0.39, 0.29) is 12.3 Å². The van der Waals surface area contributed by atoms with Gasteiger partial charge in [-0.25, -0.2) is 4.79 Å². The van der Waals surface area contributed by atoms with E-state index in [1.54, 1.807) is 19.1 Å². The van der Waals surface area contributed by atoms with Crippen molar-refractivity contribution in [2.75, 3.05) is 6.61 Å². The molecule has 142 valence electrons. The summed E-state index contributed by atoms with van der Waals surface area (Å²) in [5, 5.41) is 21.6. The number of thioether (sulfide) groups is 1. The number of ether oxygens (including phenoxy) is 1. The maximum Gasteiger partial charge on any atom is 0.383 e. The van der Waals surface area contributed by atoms with Gasteiger partial charge in [-0.1, -0.05) is 29.8 Å². The van der Waals surface area contributed by atoms with Crippen LogP contribution in [-0.4, -0.2) is 28.5 Å². The van der Waals surface area contributed by atoms with Crippen molar-refractivity contribution in [3.05, 3.63) is 79.9 Å². The number of nitro benzene ring substituents is 1. The molecule has 0 radical (unpaired) electrons. The Labute approximate surface area is 159 Å². The van der Waals surface area contributed by atoms with E-state index in [0.29, 0.717) is 5.56 Å². The maximum absolute atomic E-state index is 12.2. The zero-order valence-electron chi connectivity index (χ0n) is 14.7. The Morgan fingerprint density at radius 3 is 2.15 bits per heavy atom. The van der Waals surface area contributed by atoms with Crippen LogP contribution in [0.1, 0.15) is 23.3 Å². The Kier molecular flexibility index (Phi) is 6.89. The van der Waals surface area contributed by atoms with Crippen LogP contribution in [0.4, 0.5) is 5.69 Å². The summed E-state index contributed by atoms with van der Waals surface area (Å²) in [6, 6.07) is 11.1. The first-order valence-electron chi connectivity index (χ1n) is 8.11. The molecular formula is C18H18N2O6S. The van der Waals surface area contributed by atoms with Gasteiger partial charge in [-0.05, 0) is 31.5 Å². The minimum atomic E-state index is -1.64. The minimum absolute atomic E-state index is 0.0192. The molecule has 2 unspecified atom stereocenters. The average molecular weight is 390 g/mol. The van der Waals surface area contributed by atoms with Crippen LogP contribution in [0.2, 0.25) is 0 Å². The number of carbonyl (C=O) groups is 1. The highest BCUT2D eigenvalue weighted by Crippen LogP contribution is 2.40. The van der Waals surface area contributed by atoms with Crippen LogP contribution in [0.15, 0.2) is 53.4 Å². The molecule has 0 heterocycles. The lowest BCUT2D eigenvalue weighted by atomic mass is 10.1. The van der Waals surface area contributed by atoms with E-state index >= 15 is 0 Å². The number of rotatable bonds is 8. The summed E-state index contributed by atoms with van der Waals surface area (Å²) in [5.74, 6) is -0.939. The van der Waals surface area contributed by atoms with Crippen molar-refractivity contribution in [3.63, 3.8) is 0 Å². The van der Waals surface area contributed by atoms with E-state index in [1.165, 1.54) is 24.3 Å². The number of non-ortho nitro benzene ring substituents is 1. The number of benzene rings is 2. The van der Waals surface area contributed by atoms with Gasteiger partial charge < -0.3 is 4.74 Å². The van der Waals surface area contributed by atoms with E-state index in [9.17, 15) is 25.0 Å². The van der Waals surface area contributed by atoms with Crippen LogP contribution < -0.4 is 0 Å². The molecule has 0 aliphatic rings. The number of aryl methyl sites for hydroxylation is 1. The monoisotopic (exact) mass is 390 g/mol. The zero-order chi connectivity index (χ0) is 20.0. The standard InChI is InChI=1S/C18H18N2O6S/c1-3-26-18(21)16(20(24)25)17(27-15-10-4-12(2)5-11-15)13-6-8-14(9-7-13)19(22)23/h4-11,16-17H,3H2,1-2H3. The normalized spacial score (nSPS) is 12.8. The van der Waals surface area contributed by atoms with Crippen molar-refractivity contribution in [1.82, 2.24) is 0 Å². The van der Waals surface area contributed by atoms with Crippen molar-refractivity contribution >= 4 is 23.4 Å². The molecule has 9 heteroatoms. The van der Waals surface area contributed by atoms with Gasteiger partial charge in [0.05, 0.1) is 11.5 Å². The third-order valence-electron chi connectivity index (χ3n) is 3.76. The fourth-order valence-electron chi connectivity index (χ4n) is 2.41. The molecule has 2 atom stereocenters. The molecule has 0 amide bonds. The lowest BCUT2D eigenvalue weighted by Crippen LogP contribution is -2.36. The largest absolute Gasteiger partial charge is 0.461 e. The first kappa shape index (κ1) is 20.4. The second kappa shape index (κ2) is 9.13. The fraction of sp³-hybridized carbons (Fsp3) is 0.278. The van der Waals surface area contributed by atoms with E-state index in [2.05, 4.69) is 0 Å². The molecule has 2 aromatic rings. The molecule has 0 spiro atoms. The smallest absolute Gasteiger partial charge is 0.383 e. The molecule has 0 bridgehead atoms. The second-order valence-electron chi connectivity index (χ2n) is 5.68. The number of nitro groups is 2. The zero-order valence-corrected chi connectivity index (χ0v) is 15.5. The molecule has 0 N–H and O–H groups in total. The predicted octanol–water partition coefficient (Wildman–Crippen LogP) is 3.95. The van der Waals surface area contributed by atoms with Crippen molar-refractivity contribution < 1.29 is 19.4 Å². The first-order chi connectivity index (χ1) is 12.8. The Morgan fingerprint density at radius 2 is 1.67 bits per heavy atom. The summed E-state index contributed by atoms with van der Waals surface area (Å²) >= 11 is 1.14. The van der Waals surface area contributed by atoms with Crippen molar-refractivity contribution in [2.45, 2.75) is 30.0 Å². The van der Waals surface area contributed by atoms with Gasteiger partial charge in [0.15, 0.2) is 0 Å². The Bertz CT molecular complexity index is 823. The number of carbonyl (C=O) groups excluding carboxylic acids is 1. The molecule has 2 rings (SSSR count). The number of hydrogen-bond acceptors (Lipinski definition) is 7. The van der Waals surface area contributed by atoms with E-state index < -0.39 is 27.1 Å². The fourth-order valence-corrected chi connectivity index (χ4v) is 3.63. The highest BCUT2D eigenvalue weighted by atomic mass is 32.2. The van der Waals surface area contributed by atoms with Gasteiger partial charge in [-0.2, -0.15) is 0 Å². The molecule has 27 heavy (non-hydrogen) atoms. The van der Waals surface area contributed by atoms with Gasteiger partial charge >= 0.3 is 12.0 Å². The first-order valence-corrected chi connectivity index (χ1v) is 8.99. The summed E-state index contributed by atoms with van der Waals surface area (Å²) in [5.41, 5.74) is 1.33. The maximum atomic E-state index is 12.2. The summed E-state index contributed by atoms with van der Waals surface area (Å²) in [7, 11) is 0. The molecule has 0 aliphatic heterocycles. The van der Waals surface area contributed by atoms with E-state index in [1.807, 2.05) is 19.1 Å². The van der Waals surface area contributed by atoms with Crippen LogP contribution in [0.25, 0.3) is 0 Å². The van der Waals surface area contributed by atoms with Gasteiger partial charge in [0.25, 0.3) is 5.69 Å². The molecule has 2 aromatic carbocycles. The highest BCUT2D eigenvalue weighted by molar-refractivity contribution is 7.99. The SMILES string of the molecule is CCOC(=O)C(C(Sc1ccc(C)cc1)c1ccc([N+](=O)[O-])cc1)[N+](=O)[O-]. The summed E-state index contributed by atoms with van der Waals surface area (Å²) in [4.78, 5) is 34.2. The highest BCUT2D eigenvalue weighted by Gasteiger charge is 2.42. The lowest BCUT2D eigenvalue weighted by Gasteiger charge is -2.20. The quantitative estimate of drug-likeness (QED) is 0.290. The molecule has 0 aromatic heterocycles. The Hall–Kier alpha value is -2.94. The Balaban J connectivity index is 2.45. The minimum Gasteiger partial charge on any atom is -0.461 e.